The summed E-state index contributed by atoms with van der Waals surface area (Å²) in [6.45, 7) is 5.69. The summed E-state index contributed by atoms with van der Waals surface area (Å²) < 4.78 is 5.03. The van der Waals surface area contributed by atoms with Gasteiger partial charge in [-0.05, 0) is 20.3 Å². The summed E-state index contributed by atoms with van der Waals surface area (Å²) in [5.74, 6) is -0.383. The number of hydrogen-bond donors (Lipinski definition) is 3. The molecule has 0 aromatic heterocycles. The van der Waals surface area contributed by atoms with Gasteiger partial charge in [0.25, 0.3) is 0 Å². The van der Waals surface area contributed by atoms with Crippen LogP contribution in [0.2, 0.25) is 0 Å². The molecule has 17 heavy (non-hydrogen) atoms. The minimum absolute atomic E-state index is 0.0525. The highest BCUT2D eigenvalue weighted by molar-refractivity contribution is 6.05. The van der Waals surface area contributed by atoms with Crippen LogP contribution in [0.15, 0.2) is 5.16 Å². The van der Waals surface area contributed by atoms with Crippen molar-refractivity contribution in [2.45, 2.75) is 39.7 Å². The Morgan fingerprint density at radius 2 is 2.18 bits per heavy atom. The van der Waals surface area contributed by atoms with Crippen molar-refractivity contribution in [3.8, 4) is 0 Å². The lowest BCUT2D eigenvalue weighted by molar-refractivity contribution is -0.127. The average Bonchev–Trinajstić information content (AvgIpc) is 2.28. The summed E-state index contributed by atoms with van der Waals surface area (Å²) in [4.78, 5) is 12.0. The molecule has 1 atom stereocenters. The van der Waals surface area contributed by atoms with Gasteiger partial charge in [-0.25, -0.2) is 0 Å². The van der Waals surface area contributed by atoms with Gasteiger partial charge in [0.05, 0.1) is 12.6 Å². The number of amidine groups is 1. The molecule has 0 aromatic carbocycles. The Morgan fingerprint density at radius 3 is 2.59 bits per heavy atom. The highest BCUT2D eigenvalue weighted by Crippen LogP contribution is 2.16. The number of nitrogens with zero attached hydrogens (tertiary/aromatic N) is 1. The molecule has 0 bridgehead atoms. The average molecular weight is 245 g/mol. The van der Waals surface area contributed by atoms with Gasteiger partial charge in [0.2, 0.25) is 5.91 Å². The number of carbonyl (C=O) groups is 1. The van der Waals surface area contributed by atoms with E-state index in [1.807, 2.05) is 6.92 Å². The number of rotatable bonds is 7. The van der Waals surface area contributed by atoms with Gasteiger partial charge in [-0.2, -0.15) is 0 Å². The third-order valence-corrected chi connectivity index (χ3v) is 2.66. The van der Waals surface area contributed by atoms with Crippen LogP contribution in [0.5, 0.6) is 0 Å². The molecule has 0 saturated carbocycles. The van der Waals surface area contributed by atoms with Gasteiger partial charge in [0, 0.05) is 7.11 Å². The molecule has 0 rings (SSSR count). The SMILES string of the molecule is CCCC(COC)NC(=O)C(C)(C)C(N)=NO. The molecule has 0 heterocycles. The van der Waals surface area contributed by atoms with Crippen LogP contribution >= 0.6 is 0 Å². The van der Waals surface area contributed by atoms with E-state index in [1.54, 1.807) is 21.0 Å². The Labute approximate surface area is 102 Å². The smallest absolute Gasteiger partial charge is 0.233 e. The van der Waals surface area contributed by atoms with E-state index < -0.39 is 5.41 Å². The van der Waals surface area contributed by atoms with Crippen molar-refractivity contribution in [3.05, 3.63) is 0 Å². The predicted octanol–water partition coefficient (Wildman–Crippen LogP) is 0.690. The first-order chi connectivity index (χ1) is 7.89. The normalized spacial score (nSPS) is 14.5. The Kier molecular flexibility index (Phi) is 6.57. The van der Waals surface area contributed by atoms with Crippen LogP contribution < -0.4 is 11.1 Å². The van der Waals surface area contributed by atoms with E-state index in [9.17, 15) is 4.79 Å². The molecule has 6 nitrogen and oxygen atoms in total. The van der Waals surface area contributed by atoms with Gasteiger partial charge >= 0.3 is 0 Å². The zero-order valence-electron chi connectivity index (χ0n) is 11.0. The minimum Gasteiger partial charge on any atom is -0.409 e. The highest BCUT2D eigenvalue weighted by Gasteiger charge is 2.33. The van der Waals surface area contributed by atoms with Crippen molar-refractivity contribution in [2.75, 3.05) is 13.7 Å². The third kappa shape index (κ3) is 4.60. The molecule has 1 amide bonds. The summed E-state index contributed by atoms with van der Waals surface area (Å²) in [7, 11) is 1.59. The molecule has 0 saturated heterocycles. The van der Waals surface area contributed by atoms with E-state index in [0.717, 1.165) is 12.8 Å². The molecule has 0 aliphatic carbocycles. The Balaban J connectivity index is 4.59. The third-order valence-electron chi connectivity index (χ3n) is 2.66. The van der Waals surface area contributed by atoms with Crippen LogP contribution in [-0.2, 0) is 9.53 Å². The van der Waals surface area contributed by atoms with E-state index in [4.69, 9.17) is 15.7 Å². The summed E-state index contributed by atoms with van der Waals surface area (Å²) in [6, 6.07) is -0.0525. The second-order valence-electron chi connectivity index (χ2n) is 4.52. The summed E-state index contributed by atoms with van der Waals surface area (Å²) >= 11 is 0. The second-order valence-corrected chi connectivity index (χ2v) is 4.52. The monoisotopic (exact) mass is 245 g/mol. The molecule has 0 aromatic rings. The summed E-state index contributed by atoms with van der Waals surface area (Å²) in [5.41, 5.74) is 4.45. The zero-order valence-corrected chi connectivity index (χ0v) is 11.0. The van der Waals surface area contributed by atoms with Gasteiger partial charge in [-0.3, -0.25) is 4.79 Å². The fourth-order valence-electron chi connectivity index (χ4n) is 1.35. The molecule has 6 heteroatoms. The number of oxime groups is 1. The minimum atomic E-state index is -1.03. The van der Waals surface area contributed by atoms with Crippen LogP contribution in [0.25, 0.3) is 0 Å². The number of amides is 1. The first-order valence-corrected chi connectivity index (χ1v) is 5.68. The number of nitrogens with two attached hydrogens (primary N) is 1. The quantitative estimate of drug-likeness (QED) is 0.266. The molecule has 1 unspecified atom stereocenters. The van der Waals surface area contributed by atoms with Crippen LogP contribution in [0.3, 0.4) is 0 Å². The largest absolute Gasteiger partial charge is 0.409 e. The van der Waals surface area contributed by atoms with Crippen LogP contribution in [0, 0.1) is 5.41 Å². The van der Waals surface area contributed by atoms with E-state index in [0.29, 0.717) is 6.61 Å². The van der Waals surface area contributed by atoms with Crippen LogP contribution in [0.1, 0.15) is 33.6 Å². The molecule has 0 radical (unpaired) electrons. The van der Waals surface area contributed by atoms with Gasteiger partial charge in [0.1, 0.15) is 5.41 Å². The molecular formula is C11H23N3O3. The van der Waals surface area contributed by atoms with Crippen molar-refractivity contribution in [1.82, 2.24) is 5.32 Å². The van der Waals surface area contributed by atoms with Gasteiger partial charge in [-0.1, -0.05) is 18.5 Å². The number of nitrogens with one attached hydrogen (secondary N) is 1. The standard InChI is InChI=1S/C11H23N3O3/c1-5-6-8(7-17-4)13-10(15)11(2,3)9(12)14-16/h8,16H,5-7H2,1-4H3,(H2,12,14)(H,13,15). The van der Waals surface area contributed by atoms with Crippen molar-refractivity contribution in [1.29, 1.82) is 0 Å². The van der Waals surface area contributed by atoms with Crippen molar-refractivity contribution in [3.63, 3.8) is 0 Å². The number of methoxy groups -OCH3 is 1. The Hall–Kier alpha value is -1.30. The van der Waals surface area contributed by atoms with Crippen molar-refractivity contribution >= 4 is 11.7 Å². The zero-order chi connectivity index (χ0) is 13.5. The van der Waals surface area contributed by atoms with Crippen LogP contribution in [-0.4, -0.2) is 36.7 Å². The summed E-state index contributed by atoms with van der Waals surface area (Å²) in [6.07, 6.45) is 1.77. The molecule has 4 N–H and O–H groups in total. The van der Waals surface area contributed by atoms with E-state index in [2.05, 4.69) is 10.5 Å². The Bertz CT molecular complexity index is 271. The van der Waals surface area contributed by atoms with Gasteiger partial charge in [-0.15, -0.1) is 0 Å². The highest BCUT2D eigenvalue weighted by atomic mass is 16.5. The summed E-state index contributed by atoms with van der Waals surface area (Å²) in [5, 5.41) is 14.3. The maximum atomic E-state index is 12.0. The van der Waals surface area contributed by atoms with E-state index in [1.165, 1.54) is 0 Å². The fourth-order valence-corrected chi connectivity index (χ4v) is 1.35. The molecular weight excluding hydrogens is 222 g/mol. The number of carbonyl (C=O) groups excluding carboxylic acids is 1. The molecule has 100 valence electrons. The number of ether oxygens (including phenoxy) is 1. The van der Waals surface area contributed by atoms with E-state index in [-0.39, 0.29) is 17.8 Å². The number of hydrogen-bond acceptors (Lipinski definition) is 4. The second kappa shape index (κ2) is 7.11. The molecule has 0 aliphatic rings. The topological polar surface area (TPSA) is 96.9 Å². The van der Waals surface area contributed by atoms with Gasteiger partial charge < -0.3 is 21.0 Å². The first kappa shape index (κ1) is 15.7. The Morgan fingerprint density at radius 1 is 1.59 bits per heavy atom. The first-order valence-electron chi connectivity index (χ1n) is 5.68. The van der Waals surface area contributed by atoms with Crippen molar-refractivity contribution in [2.24, 2.45) is 16.3 Å². The maximum absolute atomic E-state index is 12.0. The fraction of sp³-hybridized carbons (Fsp3) is 0.818. The lowest BCUT2D eigenvalue weighted by Gasteiger charge is -2.25. The van der Waals surface area contributed by atoms with Crippen LogP contribution in [0.4, 0.5) is 0 Å². The van der Waals surface area contributed by atoms with Gasteiger partial charge in [0.15, 0.2) is 5.84 Å². The molecule has 0 fully saturated rings. The predicted molar refractivity (Wildman–Crippen MR) is 65.9 cm³/mol. The maximum Gasteiger partial charge on any atom is 0.233 e. The molecule has 0 aliphatic heterocycles. The van der Waals surface area contributed by atoms with Crippen molar-refractivity contribution < 1.29 is 14.7 Å². The lowest BCUT2D eigenvalue weighted by Crippen LogP contribution is -2.50. The lowest BCUT2D eigenvalue weighted by atomic mass is 9.90. The molecule has 0 spiro atoms. The van der Waals surface area contributed by atoms with E-state index >= 15 is 0 Å².